The molecule has 0 N–H and O–H groups in total. The predicted octanol–water partition coefficient (Wildman–Crippen LogP) is 1.47. The topological polar surface area (TPSA) is 17.8 Å². The summed E-state index contributed by atoms with van der Waals surface area (Å²) in [5, 5.41) is 1.15. The number of aromatic nitrogens is 2. The highest BCUT2D eigenvalue weighted by Gasteiger charge is 2.30. The standard InChI is InChI=1S/C12H15F3N2/c1-8(12(14,15)7-13)5-6-11-9(2)16-10(3)17(11)4/h5-6H,2,7H2,1,3-4H3/b8-5+,11-6+. The van der Waals surface area contributed by atoms with Crippen molar-refractivity contribution in [2.45, 2.75) is 19.8 Å². The first kappa shape index (κ1) is 13.5. The second-order valence-corrected chi connectivity index (χ2v) is 3.90. The summed E-state index contributed by atoms with van der Waals surface area (Å²) >= 11 is 0. The minimum atomic E-state index is -3.41. The number of hydrogen-bond acceptors (Lipinski definition) is 1. The molecular weight excluding hydrogens is 229 g/mol. The van der Waals surface area contributed by atoms with Gasteiger partial charge in [0.05, 0.1) is 10.7 Å². The van der Waals surface area contributed by atoms with Crippen molar-refractivity contribution in [2.24, 2.45) is 7.05 Å². The number of imidazole rings is 1. The fourth-order valence-electron chi connectivity index (χ4n) is 1.33. The molecule has 2 nitrogen and oxygen atoms in total. The maximum atomic E-state index is 13.0. The van der Waals surface area contributed by atoms with Gasteiger partial charge < -0.3 is 4.57 Å². The minimum Gasteiger partial charge on any atom is -0.331 e. The van der Waals surface area contributed by atoms with Gasteiger partial charge >= 0.3 is 0 Å². The lowest BCUT2D eigenvalue weighted by Gasteiger charge is -2.11. The average Bonchev–Trinajstić information content (AvgIpc) is 2.50. The third-order valence-corrected chi connectivity index (χ3v) is 2.68. The van der Waals surface area contributed by atoms with E-state index >= 15 is 0 Å². The smallest absolute Gasteiger partial charge is 0.297 e. The summed E-state index contributed by atoms with van der Waals surface area (Å²) in [7, 11) is 1.76. The molecule has 1 aromatic rings. The van der Waals surface area contributed by atoms with E-state index in [0.717, 1.165) is 5.82 Å². The molecule has 0 radical (unpaired) electrons. The summed E-state index contributed by atoms with van der Waals surface area (Å²) in [4.78, 5) is 4.10. The zero-order chi connectivity index (χ0) is 13.2. The molecule has 17 heavy (non-hydrogen) atoms. The van der Waals surface area contributed by atoms with Crippen molar-refractivity contribution in [1.29, 1.82) is 0 Å². The first-order chi connectivity index (χ1) is 7.79. The van der Waals surface area contributed by atoms with Crippen LogP contribution < -0.4 is 10.7 Å². The van der Waals surface area contributed by atoms with Crippen LogP contribution in [0.4, 0.5) is 13.2 Å². The molecule has 0 aliphatic carbocycles. The fourth-order valence-corrected chi connectivity index (χ4v) is 1.33. The van der Waals surface area contributed by atoms with Gasteiger partial charge in [-0.25, -0.2) is 9.37 Å². The van der Waals surface area contributed by atoms with Gasteiger partial charge in [-0.1, -0.05) is 12.7 Å². The SMILES string of the molecule is C=c1nc(C)n(C)/c1=C/C=C(\C)C(F)(F)CF. The molecule has 0 saturated heterocycles. The van der Waals surface area contributed by atoms with Crippen molar-refractivity contribution < 1.29 is 13.2 Å². The van der Waals surface area contributed by atoms with Crippen LogP contribution in [-0.2, 0) is 7.05 Å². The second-order valence-electron chi connectivity index (χ2n) is 3.90. The van der Waals surface area contributed by atoms with Crippen molar-refractivity contribution in [2.75, 3.05) is 6.67 Å². The van der Waals surface area contributed by atoms with Gasteiger partial charge in [-0.05, 0) is 25.5 Å². The van der Waals surface area contributed by atoms with Crippen LogP contribution in [0.3, 0.4) is 0 Å². The van der Waals surface area contributed by atoms with E-state index in [0.29, 0.717) is 10.7 Å². The maximum Gasteiger partial charge on any atom is 0.297 e. The number of aryl methyl sites for hydroxylation is 1. The summed E-state index contributed by atoms with van der Waals surface area (Å²) in [6.07, 6.45) is 2.67. The first-order valence-electron chi connectivity index (χ1n) is 5.10. The Balaban J connectivity index is 3.23. The van der Waals surface area contributed by atoms with E-state index in [2.05, 4.69) is 11.6 Å². The highest BCUT2D eigenvalue weighted by Crippen LogP contribution is 2.23. The molecule has 0 aromatic carbocycles. The zero-order valence-corrected chi connectivity index (χ0v) is 10.1. The molecule has 0 aliphatic heterocycles. The Morgan fingerprint density at radius 3 is 2.53 bits per heavy atom. The van der Waals surface area contributed by atoms with Crippen LogP contribution in [-0.4, -0.2) is 22.1 Å². The molecule has 0 amide bonds. The van der Waals surface area contributed by atoms with E-state index in [1.165, 1.54) is 19.1 Å². The number of halogens is 3. The molecule has 1 aromatic heterocycles. The fraction of sp³-hybridized carbons (Fsp3) is 0.417. The number of allylic oxidation sites excluding steroid dienone is 2. The van der Waals surface area contributed by atoms with Gasteiger partial charge in [0.25, 0.3) is 5.92 Å². The Morgan fingerprint density at radius 2 is 2.12 bits per heavy atom. The second kappa shape index (κ2) is 4.77. The van der Waals surface area contributed by atoms with Crippen LogP contribution in [0, 0.1) is 6.92 Å². The van der Waals surface area contributed by atoms with Crippen molar-refractivity contribution in [3.63, 3.8) is 0 Å². The largest absolute Gasteiger partial charge is 0.331 e. The van der Waals surface area contributed by atoms with Gasteiger partial charge in [0, 0.05) is 7.05 Å². The number of alkyl halides is 3. The number of nitrogens with zero attached hydrogens (tertiary/aromatic N) is 2. The lowest BCUT2D eigenvalue weighted by atomic mass is 10.1. The Kier molecular flexibility index (Phi) is 3.80. The van der Waals surface area contributed by atoms with Gasteiger partial charge in [0.2, 0.25) is 0 Å². The van der Waals surface area contributed by atoms with Crippen LogP contribution >= 0.6 is 0 Å². The Morgan fingerprint density at radius 1 is 1.53 bits per heavy atom. The van der Waals surface area contributed by atoms with Gasteiger partial charge in [0.15, 0.2) is 6.67 Å². The lowest BCUT2D eigenvalue weighted by Crippen LogP contribution is -2.27. The molecule has 0 unspecified atom stereocenters. The highest BCUT2D eigenvalue weighted by molar-refractivity contribution is 5.39. The van der Waals surface area contributed by atoms with E-state index in [9.17, 15) is 13.2 Å². The molecule has 5 heteroatoms. The number of hydrogen-bond donors (Lipinski definition) is 0. The minimum absolute atomic E-state index is 0.321. The van der Waals surface area contributed by atoms with Crippen LogP contribution in [0.2, 0.25) is 0 Å². The molecule has 0 atom stereocenters. The quantitative estimate of drug-likeness (QED) is 0.787. The Hall–Kier alpha value is -1.52. The molecule has 0 aliphatic rings. The van der Waals surface area contributed by atoms with Crippen LogP contribution in [0.25, 0.3) is 12.7 Å². The van der Waals surface area contributed by atoms with E-state index in [1.54, 1.807) is 18.5 Å². The predicted molar refractivity (Wildman–Crippen MR) is 61.9 cm³/mol. The normalized spacial score (nSPS) is 14.5. The van der Waals surface area contributed by atoms with Gasteiger partial charge in [-0.3, -0.25) is 0 Å². The molecule has 0 spiro atoms. The third kappa shape index (κ3) is 2.78. The van der Waals surface area contributed by atoms with Crippen molar-refractivity contribution >= 4 is 12.7 Å². The molecule has 1 heterocycles. The van der Waals surface area contributed by atoms with Crippen LogP contribution in [0.15, 0.2) is 11.6 Å². The molecule has 0 saturated carbocycles. The van der Waals surface area contributed by atoms with Crippen molar-refractivity contribution in [1.82, 2.24) is 9.55 Å². The van der Waals surface area contributed by atoms with E-state index in [-0.39, 0.29) is 5.57 Å². The van der Waals surface area contributed by atoms with Crippen LogP contribution in [0.5, 0.6) is 0 Å². The van der Waals surface area contributed by atoms with Crippen LogP contribution in [0.1, 0.15) is 12.7 Å². The Bertz CT molecular complexity index is 541. The third-order valence-electron chi connectivity index (χ3n) is 2.68. The van der Waals surface area contributed by atoms with Crippen molar-refractivity contribution in [3.8, 4) is 0 Å². The van der Waals surface area contributed by atoms with Gasteiger partial charge in [-0.15, -0.1) is 0 Å². The average molecular weight is 244 g/mol. The molecule has 0 bridgehead atoms. The van der Waals surface area contributed by atoms with Crippen molar-refractivity contribution in [3.05, 3.63) is 28.2 Å². The van der Waals surface area contributed by atoms with E-state index in [4.69, 9.17) is 0 Å². The molecule has 1 rings (SSSR count). The molecule has 94 valence electrons. The van der Waals surface area contributed by atoms with Gasteiger partial charge in [0.1, 0.15) is 5.82 Å². The zero-order valence-electron chi connectivity index (χ0n) is 10.1. The maximum absolute atomic E-state index is 13.0. The first-order valence-corrected chi connectivity index (χ1v) is 5.10. The van der Waals surface area contributed by atoms with E-state index in [1.807, 2.05) is 0 Å². The highest BCUT2D eigenvalue weighted by atomic mass is 19.3. The molecule has 0 fully saturated rings. The summed E-state index contributed by atoms with van der Waals surface area (Å²) in [5.74, 6) is -2.67. The summed E-state index contributed by atoms with van der Waals surface area (Å²) in [6.45, 7) is 5.01. The van der Waals surface area contributed by atoms with E-state index < -0.39 is 12.6 Å². The molecular formula is C12H15F3N2. The lowest BCUT2D eigenvalue weighted by molar-refractivity contribution is 0.0155. The number of rotatable bonds is 3. The summed E-state index contributed by atoms with van der Waals surface area (Å²) in [6, 6.07) is 0. The summed E-state index contributed by atoms with van der Waals surface area (Å²) < 4.78 is 39.7. The summed E-state index contributed by atoms with van der Waals surface area (Å²) in [5.41, 5.74) is -0.321. The monoisotopic (exact) mass is 244 g/mol. The Labute approximate surface area is 97.8 Å². The van der Waals surface area contributed by atoms with Gasteiger partial charge in [-0.2, -0.15) is 8.78 Å².